The van der Waals surface area contributed by atoms with E-state index in [1.165, 1.54) is 24.4 Å². The van der Waals surface area contributed by atoms with Crippen LogP contribution in [0.15, 0.2) is 30.5 Å². The van der Waals surface area contributed by atoms with Gasteiger partial charge in [-0.1, -0.05) is 6.07 Å². The van der Waals surface area contributed by atoms with Gasteiger partial charge in [0.05, 0.1) is 12.2 Å². The molecule has 0 spiro atoms. The van der Waals surface area contributed by atoms with Crippen molar-refractivity contribution in [1.82, 2.24) is 14.5 Å². The van der Waals surface area contributed by atoms with Crippen molar-refractivity contribution in [3.63, 3.8) is 0 Å². The maximum atomic E-state index is 12.5. The summed E-state index contributed by atoms with van der Waals surface area (Å²) in [6, 6.07) is 5.09. The second-order valence-electron chi connectivity index (χ2n) is 5.19. The van der Waals surface area contributed by atoms with Crippen molar-refractivity contribution in [2.75, 3.05) is 17.4 Å². The molecular formula is C13H13F3N4O3S. The average molecular weight is 362 g/mol. The molecule has 1 saturated heterocycles. The number of aromatic hydroxyl groups is 1. The van der Waals surface area contributed by atoms with Crippen molar-refractivity contribution in [3.05, 3.63) is 41.7 Å². The number of nitrogens with one attached hydrogen (secondary N) is 1. The molecule has 1 aliphatic heterocycles. The summed E-state index contributed by atoms with van der Waals surface area (Å²) in [6.45, 7) is 0.426. The largest absolute Gasteiger partial charge is 0.506 e. The molecule has 2 heterocycles. The molecule has 0 aliphatic carbocycles. The predicted molar refractivity (Wildman–Crippen MR) is 78.7 cm³/mol. The van der Waals surface area contributed by atoms with Crippen molar-refractivity contribution in [3.8, 4) is 5.75 Å². The smallest absolute Gasteiger partial charge is 0.435 e. The highest BCUT2D eigenvalue weighted by Gasteiger charge is 2.33. The van der Waals surface area contributed by atoms with Crippen LogP contribution in [0, 0.1) is 0 Å². The zero-order valence-electron chi connectivity index (χ0n) is 12.2. The zero-order chi connectivity index (χ0) is 17.5. The number of nitrogens with zero attached hydrogens (tertiary/aromatic N) is 3. The highest BCUT2D eigenvalue weighted by molar-refractivity contribution is 7.91. The Morgan fingerprint density at radius 3 is 2.58 bits per heavy atom. The maximum Gasteiger partial charge on any atom is 0.435 e. The van der Waals surface area contributed by atoms with Gasteiger partial charge >= 0.3 is 16.4 Å². The molecule has 0 amide bonds. The van der Waals surface area contributed by atoms with Crippen LogP contribution in [0.1, 0.15) is 11.3 Å². The van der Waals surface area contributed by atoms with Gasteiger partial charge < -0.3 is 5.11 Å². The summed E-state index contributed by atoms with van der Waals surface area (Å²) in [5, 5.41) is 13.5. The average Bonchev–Trinajstić information content (AvgIpc) is 3.05. The van der Waals surface area contributed by atoms with Crippen molar-refractivity contribution in [2.24, 2.45) is 0 Å². The first kappa shape index (κ1) is 16.6. The Morgan fingerprint density at radius 2 is 2.04 bits per heavy atom. The Morgan fingerprint density at radius 1 is 1.29 bits per heavy atom. The third kappa shape index (κ3) is 3.17. The molecule has 0 bridgehead atoms. The van der Waals surface area contributed by atoms with Crippen LogP contribution in [0.25, 0.3) is 0 Å². The Hall–Kier alpha value is -2.27. The fourth-order valence-electron chi connectivity index (χ4n) is 2.39. The van der Waals surface area contributed by atoms with Gasteiger partial charge in [-0.25, -0.2) is 0 Å². The van der Waals surface area contributed by atoms with Crippen LogP contribution in [-0.2, 0) is 22.9 Å². The third-order valence-corrected chi connectivity index (χ3v) is 5.00. The van der Waals surface area contributed by atoms with Crippen molar-refractivity contribution in [1.29, 1.82) is 0 Å². The van der Waals surface area contributed by atoms with Gasteiger partial charge in [0, 0.05) is 19.3 Å². The van der Waals surface area contributed by atoms with Crippen LogP contribution < -0.4 is 9.03 Å². The Balaban J connectivity index is 1.81. The lowest BCUT2D eigenvalue weighted by atomic mass is 10.2. The summed E-state index contributed by atoms with van der Waals surface area (Å²) < 4.78 is 65.5. The number of phenolic OH excluding ortho intramolecular Hbond substituents is 1. The molecule has 2 N–H and O–H groups in total. The van der Waals surface area contributed by atoms with E-state index in [0.29, 0.717) is 5.56 Å². The van der Waals surface area contributed by atoms with Crippen molar-refractivity contribution >= 4 is 15.9 Å². The topological polar surface area (TPSA) is 87.5 Å². The van der Waals surface area contributed by atoms with E-state index in [2.05, 4.69) is 9.82 Å². The molecule has 0 atom stereocenters. The number of hydrogen-bond acceptors (Lipinski definition) is 4. The number of anilines is 1. The van der Waals surface area contributed by atoms with E-state index in [0.717, 1.165) is 15.1 Å². The highest BCUT2D eigenvalue weighted by atomic mass is 32.2. The summed E-state index contributed by atoms with van der Waals surface area (Å²) in [5.41, 5.74) is -0.407. The number of alkyl halides is 3. The molecule has 2 aromatic rings. The van der Waals surface area contributed by atoms with Crippen LogP contribution in [0.5, 0.6) is 5.75 Å². The van der Waals surface area contributed by atoms with Crippen LogP contribution >= 0.6 is 0 Å². The molecule has 3 rings (SSSR count). The molecule has 1 fully saturated rings. The summed E-state index contributed by atoms with van der Waals surface area (Å²) in [4.78, 5) is 0. The molecule has 0 saturated carbocycles. The fraction of sp³-hybridized carbons (Fsp3) is 0.308. The monoisotopic (exact) mass is 362 g/mol. The van der Waals surface area contributed by atoms with E-state index in [9.17, 15) is 26.7 Å². The summed E-state index contributed by atoms with van der Waals surface area (Å²) >= 11 is 0. The molecule has 1 aromatic heterocycles. The van der Waals surface area contributed by atoms with Gasteiger partial charge in [-0.3, -0.25) is 8.99 Å². The third-order valence-electron chi connectivity index (χ3n) is 3.47. The lowest BCUT2D eigenvalue weighted by molar-refractivity contribution is -0.141. The molecule has 1 aromatic carbocycles. The minimum absolute atomic E-state index is 0.00885. The van der Waals surface area contributed by atoms with Crippen molar-refractivity contribution in [2.45, 2.75) is 12.7 Å². The SMILES string of the molecule is O=S1(=O)NCCN1c1ccc(Cn2ccc(C(F)(F)F)n2)cc1O. The minimum Gasteiger partial charge on any atom is -0.506 e. The normalized spacial score (nSPS) is 17.4. The Kier molecular flexibility index (Phi) is 3.92. The molecule has 130 valence electrons. The summed E-state index contributed by atoms with van der Waals surface area (Å²) in [5.74, 6) is -0.275. The molecule has 0 radical (unpaired) electrons. The van der Waals surface area contributed by atoms with Gasteiger partial charge in [0.1, 0.15) is 5.75 Å². The number of halogens is 3. The van der Waals surface area contributed by atoms with Gasteiger partial charge in [-0.15, -0.1) is 0 Å². The maximum absolute atomic E-state index is 12.5. The summed E-state index contributed by atoms with van der Waals surface area (Å²) in [6.07, 6.45) is -3.34. The lowest BCUT2D eigenvalue weighted by Crippen LogP contribution is -2.29. The van der Waals surface area contributed by atoms with Gasteiger partial charge in [0.2, 0.25) is 0 Å². The highest BCUT2D eigenvalue weighted by Crippen LogP contribution is 2.31. The van der Waals surface area contributed by atoms with Crippen LogP contribution in [0.2, 0.25) is 0 Å². The molecule has 0 unspecified atom stereocenters. The lowest BCUT2D eigenvalue weighted by Gasteiger charge is -2.17. The molecule has 7 nitrogen and oxygen atoms in total. The van der Waals surface area contributed by atoms with Gasteiger partial charge in [-0.2, -0.15) is 31.4 Å². The first-order valence-corrected chi connectivity index (χ1v) is 8.31. The van der Waals surface area contributed by atoms with Gasteiger partial charge in [0.15, 0.2) is 5.69 Å². The Labute approximate surface area is 135 Å². The van der Waals surface area contributed by atoms with Gasteiger partial charge in [0.25, 0.3) is 0 Å². The number of hydrogen-bond donors (Lipinski definition) is 2. The quantitative estimate of drug-likeness (QED) is 0.862. The number of phenols is 1. The standard InChI is InChI=1S/C13H13F3N4O3S/c14-13(15,16)12-3-5-19(18-12)8-9-1-2-10(11(21)7-9)20-6-4-17-24(20,22)23/h1-3,5,7,17,21H,4,6,8H2. The molecule has 24 heavy (non-hydrogen) atoms. The fourth-order valence-corrected chi connectivity index (χ4v) is 3.64. The first-order chi connectivity index (χ1) is 11.2. The second-order valence-corrected chi connectivity index (χ2v) is 6.87. The number of rotatable bonds is 3. The van der Waals surface area contributed by atoms with E-state index in [1.807, 2.05) is 0 Å². The second kappa shape index (κ2) is 5.67. The molecule has 1 aliphatic rings. The number of benzene rings is 1. The number of aromatic nitrogens is 2. The first-order valence-electron chi connectivity index (χ1n) is 6.87. The van der Waals surface area contributed by atoms with E-state index in [-0.39, 0.29) is 31.1 Å². The molecule has 11 heteroatoms. The predicted octanol–water partition coefficient (Wildman–Crippen LogP) is 1.31. The minimum atomic E-state index is -4.52. The van der Waals surface area contributed by atoms with E-state index >= 15 is 0 Å². The van der Waals surface area contributed by atoms with Gasteiger partial charge in [-0.05, 0) is 23.8 Å². The Bertz CT molecular complexity index is 864. The summed E-state index contributed by atoms with van der Waals surface area (Å²) in [7, 11) is -3.67. The van der Waals surface area contributed by atoms with E-state index < -0.39 is 22.1 Å². The zero-order valence-corrected chi connectivity index (χ0v) is 13.0. The van der Waals surface area contributed by atoms with E-state index in [4.69, 9.17) is 0 Å². The van der Waals surface area contributed by atoms with Crippen LogP contribution in [0.3, 0.4) is 0 Å². The van der Waals surface area contributed by atoms with Crippen LogP contribution in [-0.4, -0.2) is 36.4 Å². The van der Waals surface area contributed by atoms with Crippen LogP contribution in [0.4, 0.5) is 18.9 Å². The van der Waals surface area contributed by atoms with E-state index in [1.54, 1.807) is 0 Å². The molecular weight excluding hydrogens is 349 g/mol. The van der Waals surface area contributed by atoms with Crippen molar-refractivity contribution < 1.29 is 26.7 Å².